The number of aromatic nitrogens is 3. The molecule has 2 aromatic carbocycles. The third-order valence-electron chi connectivity index (χ3n) is 4.50. The molecule has 8 heteroatoms. The van der Waals surface area contributed by atoms with Gasteiger partial charge in [0.2, 0.25) is 5.79 Å². The van der Waals surface area contributed by atoms with Gasteiger partial charge >= 0.3 is 0 Å². The minimum absolute atomic E-state index is 0.0294. The largest absolute Gasteiger partial charge is 0.457 e. The first-order valence-corrected chi connectivity index (χ1v) is 9.36. The van der Waals surface area contributed by atoms with E-state index in [4.69, 9.17) is 25.8 Å². The maximum Gasteiger partial charge on any atom is 0.217 e. The Hall–Kier alpha value is -2.61. The Balaban J connectivity index is 1.66. The van der Waals surface area contributed by atoms with Crippen LogP contribution in [0, 0.1) is 0 Å². The number of anilines is 1. The van der Waals surface area contributed by atoms with Crippen LogP contribution in [0.4, 0.5) is 5.69 Å². The van der Waals surface area contributed by atoms with E-state index in [1.54, 1.807) is 23.1 Å². The molecule has 1 saturated heterocycles. The number of halogens is 1. The average Bonchev–Trinajstić information content (AvgIpc) is 3.34. The molecule has 146 valence electrons. The van der Waals surface area contributed by atoms with E-state index < -0.39 is 5.79 Å². The first-order valence-electron chi connectivity index (χ1n) is 8.98. The summed E-state index contributed by atoms with van der Waals surface area (Å²) in [5.74, 6) is 0.445. The lowest BCUT2D eigenvalue weighted by Crippen LogP contribution is -2.34. The molecule has 0 spiro atoms. The SMILES string of the molecule is CNc1cc(Oc2ccc(Cl)cc2)ccc1C1(Cn2cncn2)OCC(C)O1. The van der Waals surface area contributed by atoms with Crippen LogP contribution < -0.4 is 10.1 Å². The number of nitrogens with one attached hydrogen (secondary N) is 1. The van der Waals surface area contributed by atoms with Crippen molar-refractivity contribution in [1.29, 1.82) is 0 Å². The Labute approximate surface area is 168 Å². The van der Waals surface area contributed by atoms with Crippen molar-refractivity contribution in [2.75, 3.05) is 19.0 Å². The van der Waals surface area contributed by atoms with Gasteiger partial charge < -0.3 is 19.5 Å². The maximum atomic E-state index is 6.22. The van der Waals surface area contributed by atoms with Gasteiger partial charge in [0.25, 0.3) is 0 Å². The number of nitrogens with zero attached hydrogens (tertiary/aromatic N) is 3. The monoisotopic (exact) mass is 400 g/mol. The van der Waals surface area contributed by atoms with Gasteiger partial charge in [0, 0.05) is 29.4 Å². The molecule has 1 aromatic heterocycles. The van der Waals surface area contributed by atoms with Crippen molar-refractivity contribution in [3.8, 4) is 11.5 Å². The Kier molecular flexibility index (Phi) is 5.21. The predicted molar refractivity (Wildman–Crippen MR) is 106 cm³/mol. The lowest BCUT2D eigenvalue weighted by atomic mass is 10.0. The van der Waals surface area contributed by atoms with Crippen molar-refractivity contribution in [2.24, 2.45) is 0 Å². The van der Waals surface area contributed by atoms with Gasteiger partial charge in [-0.25, -0.2) is 9.67 Å². The van der Waals surface area contributed by atoms with Crippen molar-refractivity contribution in [2.45, 2.75) is 25.4 Å². The molecule has 1 fully saturated rings. The smallest absolute Gasteiger partial charge is 0.217 e. The first kappa shape index (κ1) is 18.7. The van der Waals surface area contributed by atoms with Crippen LogP contribution in [0.15, 0.2) is 55.1 Å². The van der Waals surface area contributed by atoms with Gasteiger partial charge in [0.1, 0.15) is 30.7 Å². The van der Waals surface area contributed by atoms with Crippen molar-refractivity contribution in [3.05, 3.63) is 65.7 Å². The van der Waals surface area contributed by atoms with E-state index >= 15 is 0 Å². The van der Waals surface area contributed by atoms with Crippen LogP contribution in [0.1, 0.15) is 12.5 Å². The molecule has 28 heavy (non-hydrogen) atoms. The van der Waals surface area contributed by atoms with Gasteiger partial charge in [-0.2, -0.15) is 5.10 Å². The second kappa shape index (κ2) is 7.79. The van der Waals surface area contributed by atoms with E-state index in [-0.39, 0.29) is 6.10 Å². The van der Waals surface area contributed by atoms with E-state index in [0.29, 0.717) is 29.7 Å². The summed E-state index contributed by atoms with van der Waals surface area (Å²) in [5, 5.41) is 8.09. The fourth-order valence-electron chi connectivity index (χ4n) is 3.25. The second-order valence-corrected chi connectivity index (χ2v) is 7.04. The lowest BCUT2D eigenvalue weighted by Gasteiger charge is -2.30. The van der Waals surface area contributed by atoms with Crippen LogP contribution in [0.2, 0.25) is 5.02 Å². The van der Waals surface area contributed by atoms with Crippen molar-refractivity contribution < 1.29 is 14.2 Å². The summed E-state index contributed by atoms with van der Waals surface area (Å²) in [5.41, 5.74) is 1.72. The average molecular weight is 401 g/mol. The molecule has 7 nitrogen and oxygen atoms in total. The molecule has 0 saturated carbocycles. The van der Waals surface area contributed by atoms with E-state index in [0.717, 1.165) is 11.3 Å². The van der Waals surface area contributed by atoms with Crippen LogP contribution in [-0.4, -0.2) is 34.5 Å². The molecule has 0 amide bonds. The third-order valence-corrected chi connectivity index (χ3v) is 4.75. The van der Waals surface area contributed by atoms with Crippen LogP contribution in [0.3, 0.4) is 0 Å². The Bertz CT molecular complexity index is 933. The topological polar surface area (TPSA) is 70.4 Å². The Morgan fingerprint density at radius 2 is 2.04 bits per heavy atom. The number of hydrogen-bond acceptors (Lipinski definition) is 6. The highest BCUT2D eigenvalue weighted by molar-refractivity contribution is 6.30. The minimum atomic E-state index is -0.954. The van der Waals surface area contributed by atoms with Gasteiger partial charge in [-0.15, -0.1) is 0 Å². The van der Waals surface area contributed by atoms with Crippen LogP contribution in [0.5, 0.6) is 11.5 Å². The zero-order valence-corrected chi connectivity index (χ0v) is 16.4. The van der Waals surface area contributed by atoms with Gasteiger partial charge in [-0.1, -0.05) is 11.6 Å². The molecule has 0 aliphatic carbocycles. The fourth-order valence-corrected chi connectivity index (χ4v) is 3.37. The molecule has 0 bridgehead atoms. The Morgan fingerprint density at radius 3 is 2.68 bits per heavy atom. The lowest BCUT2D eigenvalue weighted by molar-refractivity contribution is -0.186. The maximum absolute atomic E-state index is 6.22. The highest BCUT2D eigenvalue weighted by Crippen LogP contribution is 2.41. The summed E-state index contributed by atoms with van der Waals surface area (Å²) < 4.78 is 20.0. The molecule has 3 aromatic rings. The standard InChI is InChI=1S/C20H21ClN4O3/c1-14-10-26-20(28-14,11-25-13-23-12-24-25)18-8-7-17(9-19(18)22-2)27-16-5-3-15(21)4-6-16/h3-9,12-14,22H,10-11H2,1-2H3. The van der Waals surface area contributed by atoms with Gasteiger partial charge in [-0.05, 0) is 43.3 Å². The fraction of sp³-hybridized carbons (Fsp3) is 0.300. The number of rotatable bonds is 6. The van der Waals surface area contributed by atoms with Gasteiger partial charge in [0.15, 0.2) is 0 Å². The van der Waals surface area contributed by atoms with Crippen LogP contribution in [-0.2, 0) is 21.8 Å². The molecule has 0 radical (unpaired) electrons. The molecular formula is C20H21ClN4O3. The van der Waals surface area contributed by atoms with Crippen LogP contribution >= 0.6 is 11.6 Å². The summed E-state index contributed by atoms with van der Waals surface area (Å²) in [6, 6.07) is 13.0. The molecule has 2 heterocycles. The number of hydrogen-bond donors (Lipinski definition) is 1. The van der Waals surface area contributed by atoms with E-state index in [2.05, 4.69) is 15.4 Å². The zero-order valence-electron chi connectivity index (χ0n) is 15.6. The quantitative estimate of drug-likeness (QED) is 0.673. The van der Waals surface area contributed by atoms with Crippen molar-refractivity contribution in [1.82, 2.24) is 14.8 Å². The zero-order chi connectivity index (χ0) is 19.6. The molecule has 1 aliphatic rings. The third kappa shape index (κ3) is 3.82. The van der Waals surface area contributed by atoms with Gasteiger partial charge in [0.05, 0.1) is 12.7 Å². The molecule has 2 atom stereocenters. The van der Waals surface area contributed by atoms with Crippen molar-refractivity contribution >= 4 is 17.3 Å². The molecular weight excluding hydrogens is 380 g/mol. The summed E-state index contributed by atoms with van der Waals surface area (Å²) in [4.78, 5) is 4.01. The summed E-state index contributed by atoms with van der Waals surface area (Å²) in [7, 11) is 1.85. The Morgan fingerprint density at radius 1 is 1.25 bits per heavy atom. The summed E-state index contributed by atoms with van der Waals surface area (Å²) >= 11 is 5.94. The minimum Gasteiger partial charge on any atom is -0.457 e. The molecule has 4 rings (SSSR count). The number of benzene rings is 2. The number of ether oxygens (including phenoxy) is 3. The molecule has 1 N–H and O–H groups in total. The first-order chi connectivity index (χ1) is 13.6. The predicted octanol–water partition coefficient (Wildman–Crippen LogP) is 4.05. The second-order valence-electron chi connectivity index (χ2n) is 6.60. The van der Waals surface area contributed by atoms with E-state index in [1.807, 2.05) is 44.3 Å². The van der Waals surface area contributed by atoms with Crippen LogP contribution in [0.25, 0.3) is 0 Å². The van der Waals surface area contributed by atoms with Gasteiger partial charge in [-0.3, -0.25) is 0 Å². The summed E-state index contributed by atoms with van der Waals surface area (Å²) in [6.45, 7) is 2.88. The summed E-state index contributed by atoms with van der Waals surface area (Å²) in [6.07, 6.45) is 3.11. The van der Waals surface area contributed by atoms with E-state index in [1.165, 1.54) is 6.33 Å². The molecule has 2 unspecified atom stereocenters. The van der Waals surface area contributed by atoms with Crippen molar-refractivity contribution in [3.63, 3.8) is 0 Å². The highest BCUT2D eigenvalue weighted by atomic mass is 35.5. The highest BCUT2D eigenvalue weighted by Gasteiger charge is 2.44. The normalized spacial score (nSPS) is 21.6. The molecule has 1 aliphatic heterocycles. The van der Waals surface area contributed by atoms with E-state index in [9.17, 15) is 0 Å².